The van der Waals surface area contributed by atoms with Crippen LogP contribution in [0.3, 0.4) is 0 Å². The minimum Gasteiger partial charge on any atom is -0.476 e. The molecule has 2 aromatic carbocycles. The largest absolute Gasteiger partial charge is 0.476 e. The number of nitrogens with zero attached hydrogens (tertiary/aromatic N) is 2. The molecule has 1 saturated heterocycles. The van der Waals surface area contributed by atoms with Crippen molar-refractivity contribution in [2.75, 3.05) is 26.2 Å². The predicted molar refractivity (Wildman–Crippen MR) is 118 cm³/mol. The lowest BCUT2D eigenvalue weighted by atomic mass is 10.00. The molecule has 148 valence electrons. The summed E-state index contributed by atoms with van der Waals surface area (Å²) in [7, 11) is 0. The Labute approximate surface area is 176 Å². The van der Waals surface area contributed by atoms with Gasteiger partial charge in [0.05, 0.1) is 6.54 Å². The molecule has 2 aromatic rings. The molecule has 0 N–H and O–H groups in total. The average Bonchev–Trinajstić information content (AvgIpc) is 3.29. The molecule has 29 heavy (non-hydrogen) atoms. The van der Waals surface area contributed by atoms with Crippen LogP contribution < -0.4 is 0 Å². The minimum absolute atomic E-state index is 0.0562. The molecule has 0 spiro atoms. The van der Waals surface area contributed by atoms with Crippen molar-refractivity contribution in [3.63, 3.8) is 0 Å². The van der Waals surface area contributed by atoms with Crippen molar-refractivity contribution >= 4 is 35.6 Å². The van der Waals surface area contributed by atoms with E-state index in [0.29, 0.717) is 11.6 Å². The number of rotatable bonds is 4. The van der Waals surface area contributed by atoms with E-state index in [2.05, 4.69) is 35.3 Å². The van der Waals surface area contributed by atoms with Crippen LogP contribution >= 0.6 is 11.6 Å². The van der Waals surface area contributed by atoms with Crippen LogP contribution in [0.15, 0.2) is 65.2 Å². The van der Waals surface area contributed by atoms with E-state index >= 15 is 0 Å². The van der Waals surface area contributed by atoms with Crippen LogP contribution in [0.1, 0.15) is 29.5 Å². The Balaban J connectivity index is 1.31. The molecular formula is C24H23ClN2O2. The molecule has 2 aliphatic rings. The van der Waals surface area contributed by atoms with Crippen molar-refractivity contribution < 1.29 is 9.53 Å². The summed E-state index contributed by atoms with van der Waals surface area (Å²) in [5.74, 6) is 0.795. The third kappa shape index (κ3) is 5.15. The number of hydrogen-bond donors (Lipinski definition) is 0. The van der Waals surface area contributed by atoms with E-state index in [9.17, 15) is 4.79 Å². The maximum Gasteiger partial charge on any atom is 0.246 e. The summed E-state index contributed by atoms with van der Waals surface area (Å²) in [6, 6.07) is 15.7. The maximum absolute atomic E-state index is 12.4. The van der Waals surface area contributed by atoms with E-state index in [4.69, 9.17) is 16.3 Å². The third-order valence-electron chi connectivity index (χ3n) is 5.12. The molecule has 5 heteroatoms. The topological polar surface area (TPSA) is 41.9 Å². The van der Waals surface area contributed by atoms with Gasteiger partial charge in [-0.3, -0.25) is 4.79 Å². The third-order valence-corrected chi connectivity index (χ3v) is 5.37. The van der Waals surface area contributed by atoms with E-state index in [1.807, 2.05) is 35.2 Å². The quantitative estimate of drug-likeness (QED) is 0.682. The number of piperidine rings is 1. The van der Waals surface area contributed by atoms with Gasteiger partial charge < -0.3 is 9.64 Å². The lowest BCUT2D eigenvalue weighted by molar-refractivity contribution is -0.126. The van der Waals surface area contributed by atoms with Gasteiger partial charge in [0.25, 0.3) is 0 Å². The molecule has 1 amide bonds. The van der Waals surface area contributed by atoms with Crippen molar-refractivity contribution in [3.05, 3.63) is 81.9 Å². The molecule has 0 bridgehead atoms. The maximum atomic E-state index is 12.4. The summed E-state index contributed by atoms with van der Waals surface area (Å²) < 4.78 is 5.50. The van der Waals surface area contributed by atoms with E-state index in [0.717, 1.165) is 49.5 Å². The zero-order valence-electron chi connectivity index (χ0n) is 16.2. The zero-order valence-corrected chi connectivity index (χ0v) is 16.9. The van der Waals surface area contributed by atoms with E-state index in [1.165, 1.54) is 11.1 Å². The Morgan fingerprint density at radius 1 is 1.00 bits per heavy atom. The fourth-order valence-corrected chi connectivity index (χ4v) is 3.60. The van der Waals surface area contributed by atoms with Crippen LogP contribution in [0.25, 0.3) is 12.2 Å². The number of likely N-dealkylation sites (tertiary alicyclic amines) is 1. The number of aliphatic imine (C=N–C) groups is 1. The summed E-state index contributed by atoms with van der Waals surface area (Å²) in [5.41, 5.74) is 4.54. The Morgan fingerprint density at radius 2 is 1.69 bits per heavy atom. The number of ether oxygens (including phenoxy) is 1. The zero-order chi connectivity index (χ0) is 20.1. The van der Waals surface area contributed by atoms with Crippen LogP contribution in [0.2, 0.25) is 5.02 Å². The number of halogens is 1. The highest BCUT2D eigenvalue weighted by atomic mass is 35.5. The first kappa shape index (κ1) is 19.5. The van der Waals surface area contributed by atoms with E-state index in [1.54, 1.807) is 6.08 Å². The molecule has 4 nitrogen and oxygen atoms in total. The van der Waals surface area contributed by atoms with Gasteiger partial charge in [0.15, 0.2) is 0 Å². The highest BCUT2D eigenvalue weighted by molar-refractivity contribution is 6.30. The first-order valence-electron chi connectivity index (χ1n) is 9.87. The van der Waals surface area contributed by atoms with E-state index in [-0.39, 0.29) is 5.91 Å². The van der Waals surface area contributed by atoms with Crippen molar-refractivity contribution in [1.29, 1.82) is 0 Å². The van der Waals surface area contributed by atoms with Crippen LogP contribution in [-0.4, -0.2) is 42.9 Å². The van der Waals surface area contributed by atoms with Gasteiger partial charge in [0.2, 0.25) is 11.8 Å². The number of amides is 1. The van der Waals surface area contributed by atoms with Crippen LogP contribution in [0, 0.1) is 0 Å². The molecule has 2 heterocycles. The van der Waals surface area contributed by atoms with Gasteiger partial charge in [0, 0.05) is 29.8 Å². The smallest absolute Gasteiger partial charge is 0.246 e. The number of carbonyl (C=O) groups is 1. The predicted octanol–water partition coefficient (Wildman–Crippen LogP) is 4.84. The second kappa shape index (κ2) is 9.10. The molecule has 0 aromatic heterocycles. The highest BCUT2D eigenvalue weighted by Crippen LogP contribution is 2.21. The Hall–Kier alpha value is -2.85. The van der Waals surface area contributed by atoms with Gasteiger partial charge in [0.1, 0.15) is 6.61 Å². The fourth-order valence-electron chi connectivity index (χ4n) is 3.47. The monoisotopic (exact) mass is 406 g/mol. The van der Waals surface area contributed by atoms with Gasteiger partial charge in [-0.05, 0) is 54.3 Å². The second-order valence-corrected chi connectivity index (χ2v) is 7.61. The molecule has 4 rings (SSSR count). The molecule has 0 aliphatic carbocycles. The number of benzene rings is 2. The first-order valence-corrected chi connectivity index (χ1v) is 10.2. The summed E-state index contributed by atoms with van der Waals surface area (Å²) >= 11 is 5.89. The van der Waals surface area contributed by atoms with Crippen molar-refractivity contribution in [2.45, 2.75) is 12.8 Å². The van der Waals surface area contributed by atoms with Crippen LogP contribution in [0.4, 0.5) is 0 Å². The van der Waals surface area contributed by atoms with Gasteiger partial charge in [-0.25, -0.2) is 4.99 Å². The molecule has 1 fully saturated rings. The number of hydrogen-bond acceptors (Lipinski definition) is 3. The second-order valence-electron chi connectivity index (χ2n) is 7.17. The van der Waals surface area contributed by atoms with Crippen LogP contribution in [-0.2, 0) is 9.53 Å². The fraction of sp³-hybridized carbons (Fsp3) is 0.250. The summed E-state index contributed by atoms with van der Waals surface area (Å²) in [4.78, 5) is 18.7. The Bertz CT molecular complexity index is 949. The summed E-state index contributed by atoms with van der Waals surface area (Å²) in [6.07, 6.45) is 7.51. The normalized spacial score (nSPS) is 16.7. The Kier molecular flexibility index (Phi) is 6.11. The lowest BCUT2D eigenvalue weighted by Crippen LogP contribution is -2.35. The Morgan fingerprint density at radius 3 is 2.34 bits per heavy atom. The standard InChI is InChI=1S/C24H23ClN2O2/c25-22-8-3-18(4-9-22)5-10-23(28)27-14-11-20(12-15-27)17-19-1-6-21(7-2-19)24-26-13-16-29-24/h1-10,17H,11-16H2/b10-5+. The number of carbonyl (C=O) groups excluding carboxylic acids is 1. The molecule has 0 radical (unpaired) electrons. The molecule has 0 atom stereocenters. The average molecular weight is 407 g/mol. The summed E-state index contributed by atoms with van der Waals surface area (Å²) in [6.45, 7) is 2.91. The van der Waals surface area contributed by atoms with Gasteiger partial charge in [-0.15, -0.1) is 0 Å². The summed E-state index contributed by atoms with van der Waals surface area (Å²) in [5, 5.41) is 0.694. The molecule has 0 saturated carbocycles. The van der Waals surface area contributed by atoms with Gasteiger partial charge in [-0.1, -0.05) is 47.5 Å². The molecule has 2 aliphatic heterocycles. The highest BCUT2D eigenvalue weighted by Gasteiger charge is 2.17. The van der Waals surface area contributed by atoms with Crippen molar-refractivity contribution in [3.8, 4) is 0 Å². The SMILES string of the molecule is O=C(/C=C/c1ccc(Cl)cc1)N1CCC(=Cc2ccc(C3=NCCO3)cc2)CC1. The van der Waals surface area contributed by atoms with Crippen molar-refractivity contribution in [2.24, 2.45) is 4.99 Å². The van der Waals surface area contributed by atoms with E-state index < -0.39 is 0 Å². The van der Waals surface area contributed by atoms with Gasteiger partial charge in [-0.2, -0.15) is 0 Å². The first-order chi connectivity index (χ1) is 14.2. The molecule has 0 unspecified atom stereocenters. The van der Waals surface area contributed by atoms with Crippen molar-refractivity contribution in [1.82, 2.24) is 4.90 Å². The lowest BCUT2D eigenvalue weighted by Gasteiger charge is -2.27. The minimum atomic E-state index is 0.0562. The van der Waals surface area contributed by atoms with Gasteiger partial charge >= 0.3 is 0 Å². The molecular weight excluding hydrogens is 384 g/mol. The van der Waals surface area contributed by atoms with Crippen LogP contribution in [0.5, 0.6) is 0 Å².